The second-order valence-corrected chi connectivity index (χ2v) is 2.13. The summed E-state index contributed by atoms with van der Waals surface area (Å²) in [6.07, 6.45) is 3.95. The van der Waals surface area contributed by atoms with Crippen LogP contribution in [0.4, 0.5) is 0 Å². The third kappa shape index (κ3) is 5.28. The summed E-state index contributed by atoms with van der Waals surface area (Å²) in [5.74, 6) is 0. The Morgan fingerprint density at radius 3 is 2.12 bits per heavy atom. The molecule has 0 aromatic heterocycles. The van der Waals surface area contributed by atoms with Crippen LogP contribution < -0.4 is 0 Å². The molecule has 0 aromatic rings. The molecule has 0 rings (SSSR count). The van der Waals surface area contributed by atoms with Crippen molar-refractivity contribution < 1.29 is 0 Å². The van der Waals surface area contributed by atoms with Gasteiger partial charge in [0.1, 0.15) is 0 Å². The molecule has 0 radical (unpaired) electrons. The van der Waals surface area contributed by atoms with E-state index < -0.39 is 0 Å². The predicted molar refractivity (Wildman–Crippen MR) is 37.6 cm³/mol. The minimum Gasteiger partial charge on any atom is -0.383 e. The first-order valence-electron chi connectivity index (χ1n) is 2.63. The van der Waals surface area contributed by atoms with E-state index in [4.69, 9.17) is 0 Å². The molecule has 0 atom stereocenters. The lowest BCUT2D eigenvalue weighted by Gasteiger charge is -2.01. The van der Waals surface area contributed by atoms with Crippen LogP contribution in [0.5, 0.6) is 0 Å². The van der Waals surface area contributed by atoms with Gasteiger partial charge in [0.25, 0.3) is 0 Å². The van der Waals surface area contributed by atoms with Crippen LogP contribution in [0.1, 0.15) is 6.92 Å². The van der Waals surface area contributed by atoms with Crippen molar-refractivity contribution in [3.63, 3.8) is 0 Å². The van der Waals surface area contributed by atoms with Gasteiger partial charge in [0.2, 0.25) is 0 Å². The maximum atomic E-state index is 3.71. The first-order valence-corrected chi connectivity index (χ1v) is 2.63. The fourth-order valence-corrected chi connectivity index (χ4v) is 0.276. The van der Waals surface area contributed by atoms with Crippen molar-refractivity contribution in [3.05, 3.63) is 24.4 Å². The molecule has 0 unspecified atom stereocenters. The zero-order valence-electron chi connectivity index (χ0n) is 5.81. The third-order valence-electron chi connectivity index (χ3n) is 0.657. The molecular weight excluding hydrogens is 98.1 g/mol. The highest BCUT2D eigenvalue weighted by Crippen LogP contribution is 1.88. The number of hydrogen-bond acceptors (Lipinski definition) is 1. The van der Waals surface area contributed by atoms with Crippen LogP contribution in [0, 0.1) is 0 Å². The van der Waals surface area contributed by atoms with Crippen LogP contribution >= 0.6 is 0 Å². The number of rotatable bonds is 2. The SMILES string of the molecule is C=C(C)/C=C/N(C)C. The van der Waals surface area contributed by atoms with E-state index in [1.165, 1.54) is 0 Å². The minimum absolute atomic E-state index is 1.08. The fourth-order valence-electron chi connectivity index (χ4n) is 0.276. The zero-order chi connectivity index (χ0) is 6.57. The monoisotopic (exact) mass is 111 g/mol. The molecule has 0 N–H and O–H groups in total. The molecule has 0 aliphatic carbocycles. The average molecular weight is 111 g/mol. The lowest BCUT2D eigenvalue weighted by atomic mass is 10.3. The number of allylic oxidation sites excluding steroid dienone is 2. The van der Waals surface area contributed by atoms with Gasteiger partial charge in [-0.1, -0.05) is 12.2 Å². The van der Waals surface area contributed by atoms with E-state index in [0.29, 0.717) is 0 Å². The van der Waals surface area contributed by atoms with E-state index in [-0.39, 0.29) is 0 Å². The van der Waals surface area contributed by atoms with Gasteiger partial charge in [0, 0.05) is 14.1 Å². The van der Waals surface area contributed by atoms with E-state index in [0.717, 1.165) is 5.57 Å². The van der Waals surface area contributed by atoms with Crippen LogP contribution in [0.15, 0.2) is 24.4 Å². The van der Waals surface area contributed by atoms with Crippen LogP contribution in [0.3, 0.4) is 0 Å². The molecule has 1 heteroatoms. The summed E-state index contributed by atoms with van der Waals surface area (Å²) in [6.45, 7) is 5.69. The lowest BCUT2D eigenvalue weighted by Crippen LogP contribution is -1.99. The summed E-state index contributed by atoms with van der Waals surface area (Å²) in [4.78, 5) is 1.98. The zero-order valence-corrected chi connectivity index (χ0v) is 5.81. The van der Waals surface area contributed by atoms with E-state index in [2.05, 4.69) is 6.58 Å². The summed E-state index contributed by atoms with van der Waals surface area (Å²) in [7, 11) is 3.97. The smallest absolute Gasteiger partial charge is 0.00556 e. The van der Waals surface area contributed by atoms with Crippen molar-refractivity contribution in [1.82, 2.24) is 4.90 Å². The van der Waals surface area contributed by atoms with Gasteiger partial charge < -0.3 is 4.90 Å². The molecule has 0 bridgehead atoms. The first-order chi connectivity index (χ1) is 3.63. The van der Waals surface area contributed by atoms with Gasteiger partial charge in [-0.05, 0) is 19.2 Å². The Labute approximate surface area is 51.3 Å². The van der Waals surface area contributed by atoms with Crippen molar-refractivity contribution in [3.8, 4) is 0 Å². The van der Waals surface area contributed by atoms with Gasteiger partial charge in [-0.2, -0.15) is 0 Å². The standard InChI is InChI=1S/C7H13N/c1-7(2)5-6-8(3)4/h5-6H,1H2,2-4H3/b6-5+. The Morgan fingerprint density at radius 2 is 2.00 bits per heavy atom. The summed E-state index contributed by atoms with van der Waals surface area (Å²) in [6, 6.07) is 0. The van der Waals surface area contributed by atoms with E-state index in [1.54, 1.807) is 0 Å². The minimum atomic E-state index is 1.08. The van der Waals surface area contributed by atoms with Crippen molar-refractivity contribution in [1.29, 1.82) is 0 Å². The molecule has 0 aliphatic heterocycles. The molecule has 0 aromatic carbocycles. The van der Waals surface area contributed by atoms with E-state index in [9.17, 15) is 0 Å². The average Bonchev–Trinajstić information content (AvgIpc) is 1.61. The molecule has 0 saturated carbocycles. The molecule has 46 valence electrons. The number of nitrogens with zero attached hydrogens (tertiary/aromatic N) is 1. The highest BCUT2D eigenvalue weighted by Gasteiger charge is 1.74. The fraction of sp³-hybridized carbons (Fsp3) is 0.429. The van der Waals surface area contributed by atoms with Crippen LogP contribution in [-0.4, -0.2) is 19.0 Å². The Kier molecular flexibility index (Phi) is 3.01. The Hall–Kier alpha value is -0.720. The Bertz CT molecular complexity index is 101. The van der Waals surface area contributed by atoms with Crippen LogP contribution in [0.25, 0.3) is 0 Å². The van der Waals surface area contributed by atoms with E-state index in [1.807, 2.05) is 38.2 Å². The summed E-state index contributed by atoms with van der Waals surface area (Å²) in [5, 5.41) is 0. The van der Waals surface area contributed by atoms with Gasteiger partial charge in [-0.15, -0.1) is 0 Å². The Morgan fingerprint density at radius 1 is 1.50 bits per heavy atom. The molecule has 0 spiro atoms. The topological polar surface area (TPSA) is 3.24 Å². The molecule has 8 heavy (non-hydrogen) atoms. The predicted octanol–water partition coefficient (Wildman–Crippen LogP) is 1.64. The quantitative estimate of drug-likeness (QED) is 0.490. The second-order valence-electron chi connectivity index (χ2n) is 2.13. The molecule has 0 heterocycles. The highest BCUT2D eigenvalue weighted by atomic mass is 15.0. The maximum absolute atomic E-state index is 3.71. The van der Waals surface area contributed by atoms with Crippen molar-refractivity contribution in [2.45, 2.75) is 6.92 Å². The van der Waals surface area contributed by atoms with Crippen molar-refractivity contribution >= 4 is 0 Å². The first kappa shape index (κ1) is 7.28. The van der Waals surface area contributed by atoms with Crippen molar-refractivity contribution in [2.75, 3.05) is 14.1 Å². The largest absolute Gasteiger partial charge is 0.383 e. The molecule has 0 fully saturated rings. The summed E-state index contributed by atoms with van der Waals surface area (Å²) >= 11 is 0. The van der Waals surface area contributed by atoms with Gasteiger partial charge in [0.15, 0.2) is 0 Å². The van der Waals surface area contributed by atoms with Gasteiger partial charge in [-0.25, -0.2) is 0 Å². The maximum Gasteiger partial charge on any atom is 0.00556 e. The Balaban J connectivity index is 3.50. The molecular formula is C7H13N. The van der Waals surface area contributed by atoms with Crippen LogP contribution in [0.2, 0.25) is 0 Å². The van der Waals surface area contributed by atoms with Crippen molar-refractivity contribution in [2.24, 2.45) is 0 Å². The van der Waals surface area contributed by atoms with E-state index >= 15 is 0 Å². The summed E-state index contributed by atoms with van der Waals surface area (Å²) in [5.41, 5.74) is 1.08. The molecule has 0 amide bonds. The highest BCUT2D eigenvalue weighted by molar-refractivity contribution is 5.09. The third-order valence-corrected chi connectivity index (χ3v) is 0.657. The van der Waals surface area contributed by atoms with Gasteiger partial charge in [-0.3, -0.25) is 0 Å². The molecule has 0 aliphatic rings. The lowest BCUT2D eigenvalue weighted by molar-refractivity contribution is 0.563. The second kappa shape index (κ2) is 3.30. The van der Waals surface area contributed by atoms with Gasteiger partial charge >= 0.3 is 0 Å². The van der Waals surface area contributed by atoms with Gasteiger partial charge in [0.05, 0.1) is 0 Å². The molecule has 1 nitrogen and oxygen atoms in total. The van der Waals surface area contributed by atoms with Crippen LogP contribution in [-0.2, 0) is 0 Å². The number of hydrogen-bond donors (Lipinski definition) is 0. The normalized spacial score (nSPS) is 9.88. The molecule has 0 saturated heterocycles. The summed E-state index contributed by atoms with van der Waals surface area (Å²) < 4.78 is 0.